The van der Waals surface area contributed by atoms with Crippen LogP contribution >= 0.6 is 11.3 Å². The Morgan fingerprint density at radius 3 is 2.93 bits per heavy atom. The summed E-state index contributed by atoms with van der Waals surface area (Å²) in [5, 5.41) is 8.86. The maximum atomic E-state index is 12.6. The van der Waals surface area contributed by atoms with Gasteiger partial charge in [-0.3, -0.25) is 9.78 Å². The van der Waals surface area contributed by atoms with Crippen molar-refractivity contribution in [1.82, 2.24) is 19.6 Å². The number of ether oxygens (including phenoxy) is 1. The van der Waals surface area contributed by atoms with E-state index in [1.54, 1.807) is 18.4 Å². The van der Waals surface area contributed by atoms with Crippen LogP contribution in [-0.4, -0.2) is 33.2 Å². The zero-order valence-electron chi connectivity index (χ0n) is 16.8. The molecule has 4 aromatic heterocycles. The van der Waals surface area contributed by atoms with Crippen molar-refractivity contribution in [2.75, 3.05) is 18.6 Å². The molecule has 5 heterocycles. The topological polar surface area (TPSA) is 72.6 Å². The Morgan fingerprint density at radius 2 is 2.13 bits per heavy atom. The number of aromatic nitrogens is 4. The normalized spacial score (nSPS) is 13.6. The summed E-state index contributed by atoms with van der Waals surface area (Å²) in [6.45, 7) is 3.83. The van der Waals surface area contributed by atoms with Gasteiger partial charge in [0.1, 0.15) is 0 Å². The smallest absolute Gasteiger partial charge is 0.274 e. The molecule has 0 amide bonds. The zero-order chi connectivity index (χ0) is 20.7. The third-order valence-electron chi connectivity index (χ3n) is 5.35. The highest BCUT2D eigenvalue weighted by atomic mass is 32.1. The van der Waals surface area contributed by atoms with Crippen LogP contribution in [0.1, 0.15) is 22.5 Å². The Labute approximate surface area is 177 Å². The van der Waals surface area contributed by atoms with Gasteiger partial charge >= 0.3 is 0 Å². The molecule has 1 aliphatic heterocycles. The number of thiophene rings is 1. The molecule has 30 heavy (non-hydrogen) atoms. The molecule has 8 heteroatoms. The second-order valence-corrected chi connectivity index (χ2v) is 8.23. The summed E-state index contributed by atoms with van der Waals surface area (Å²) in [6.07, 6.45) is 2.80. The van der Waals surface area contributed by atoms with Crippen LogP contribution < -0.4 is 10.5 Å². The largest absolute Gasteiger partial charge is 0.378 e. The maximum absolute atomic E-state index is 12.6. The van der Waals surface area contributed by atoms with Crippen LogP contribution in [-0.2, 0) is 24.3 Å². The Hall–Kier alpha value is -3.10. The van der Waals surface area contributed by atoms with Gasteiger partial charge in [-0.25, -0.2) is 4.98 Å². The molecule has 0 saturated carbocycles. The number of anilines is 1. The standard InChI is InChI=1S/C22H21N5O2S/c1-14-7-20-24-18(12-29-2)9-21(28)27(20)25-22(14)26-5-3-19-17(11-26)8-16(10-23-19)15-4-6-30-13-15/h4,6-10,13H,3,5,11-12H2,1-2H3. The van der Waals surface area contributed by atoms with E-state index in [1.165, 1.54) is 21.7 Å². The van der Waals surface area contributed by atoms with Crippen LogP contribution in [0.15, 0.2) is 46.0 Å². The summed E-state index contributed by atoms with van der Waals surface area (Å²) < 4.78 is 6.48. The molecule has 0 fully saturated rings. The molecule has 0 aromatic carbocycles. The fraction of sp³-hybridized carbons (Fsp3) is 0.273. The van der Waals surface area contributed by atoms with Crippen LogP contribution in [0.5, 0.6) is 0 Å². The molecule has 0 radical (unpaired) electrons. The van der Waals surface area contributed by atoms with E-state index in [-0.39, 0.29) is 5.56 Å². The van der Waals surface area contributed by atoms with E-state index >= 15 is 0 Å². The first-order valence-corrected chi connectivity index (χ1v) is 10.7. The monoisotopic (exact) mass is 419 g/mol. The van der Waals surface area contributed by atoms with Gasteiger partial charge in [-0.1, -0.05) is 0 Å². The third-order valence-corrected chi connectivity index (χ3v) is 6.04. The van der Waals surface area contributed by atoms with Crippen molar-refractivity contribution in [3.63, 3.8) is 0 Å². The Balaban J connectivity index is 1.51. The number of aryl methyl sites for hydroxylation is 1. The lowest BCUT2D eigenvalue weighted by atomic mass is 10.0. The summed E-state index contributed by atoms with van der Waals surface area (Å²) in [5.41, 5.74) is 6.58. The van der Waals surface area contributed by atoms with Crippen molar-refractivity contribution < 1.29 is 4.74 Å². The number of fused-ring (bicyclic) bond motifs is 2. The van der Waals surface area contributed by atoms with Gasteiger partial charge in [-0.2, -0.15) is 15.9 Å². The minimum atomic E-state index is -0.202. The number of pyridine rings is 1. The predicted molar refractivity (Wildman–Crippen MR) is 117 cm³/mol. The SMILES string of the molecule is COCc1cc(=O)n2nc(N3CCc4ncc(-c5ccsc5)cc4C3)c(C)cc2n1. The van der Waals surface area contributed by atoms with Gasteiger partial charge in [0.15, 0.2) is 11.5 Å². The van der Waals surface area contributed by atoms with Crippen molar-refractivity contribution in [3.05, 3.63) is 74.1 Å². The van der Waals surface area contributed by atoms with E-state index in [4.69, 9.17) is 9.72 Å². The van der Waals surface area contributed by atoms with Crippen molar-refractivity contribution in [3.8, 4) is 11.1 Å². The van der Waals surface area contributed by atoms with Crippen molar-refractivity contribution in [1.29, 1.82) is 0 Å². The number of methoxy groups -OCH3 is 1. The summed E-state index contributed by atoms with van der Waals surface area (Å²) in [5.74, 6) is 0.803. The molecule has 0 atom stereocenters. The Morgan fingerprint density at radius 1 is 1.23 bits per heavy atom. The molecule has 0 aliphatic carbocycles. The number of hydrogen-bond acceptors (Lipinski definition) is 7. The van der Waals surface area contributed by atoms with Crippen molar-refractivity contribution in [2.24, 2.45) is 0 Å². The minimum Gasteiger partial charge on any atom is -0.378 e. The van der Waals surface area contributed by atoms with Gasteiger partial charge < -0.3 is 9.64 Å². The minimum absolute atomic E-state index is 0.202. The second-order valence-electron chi connectivity index (χ2n) is 7.45. The van der Waals surface area contributed by atoms with Crippen LogP contribution in [0.3, 0.4) is 0 Å². The van der Waals surface area contributed by atoms with Crippen LogP contribution in [0, 0.1) is 6.92 Å². The van der Waals surface area contributed by atoms with Gasteiger partial charge in [0.2, 0.25) is 0 Å². The fourth-order valence-corrected chi connectivity index (χ4v) is 4.56. The summed E-state index contributed by atoms with van der Waals surface area (Å²) in [6, 6.07) is 7.72. The molecule has 0 unspecified atom stereocenters. The van der Waals surface area contributed by atoms with Gasteiger partial charge in [0, 0.05) is 50.1 Å². The third kappa shape index (κ3) is 3.38. The molecule has 0 saturated heterocycles. The summed E-state index contributed by atoms with van der Waals surface area (Å²) in [4.78, 5) is 24.0. The van der Waals surface area contributed by atoms with Gasteiger partial charge in [-0.05, 0) is 52.6 Å². The average Bonchev–Trinajstić information content (AvgIpc) is 3.28. The molecular weight excluding hydrogens is 398 g/mol. The lowest BCUT2D eigenvalue weighted by molar-refractivity contribution is 0.181. The van der Waals surface area contributed by atoms with Gasteiger partial charge in [0.25, 0.3) is 5.56 Å². The molecule has 1 aliphatic rings. The molecule has 0 bridgehead atoms. The number of rotatable bonds is 4. The molecule has 0 spiro atoms. The van der Waals surface area contributed by atoms with E-state index in [0.29, 0.717) is 24.5 Å². The van der Waals surface area contributed by atoms with E-state index < -0.39 is 0 Å². The van der Waals surface area contributed by atoms with Crippen molar-refractivity contribution in [2.45, 2.75) is 26.5 Å². The number of nitrogens with zero attached hydrogens (tertiary/aromatic N) is 5. The average molecular weight is 420 g/mol. The quantitative estimate of drug-likeness (QED) is 0.506. The molecular formula is C22H21N5O2S. The summed E-state index contributed by atoms with van der Waals surface area (Å²) >= 11 is 1.68. The molecule has 152 valence electrons. The first-order valence-electron chi connectivity index (χ1n) is 9.77. The molecule has 4 aromatic rings. The highest BCUT2D eigenvalue weighted by Crippen LogP contribution is 2.28. The molecule has 0 N–H and O–H groups in total. The van der Waals surface area contributed by atoms with Crippen LogP contribution in [0.25, 0.3) is 16.8 Å². The fourth-order valence-electron chi connectivity index (χ4n) is 3.90. The van der Waals surface area contributed by atoms with E-state index in [0.717, 1.165) is 35.6 Å². The highest BCUT2D eigenvalue weighted by molar-refractivity contribution is 7.08. The molecule has 5 rings (SSSR count). The van der Waals surface area contributed by atoms with Gasteiger partial charge in [0.05, 0.1) is 12.3 Å². The maximum Gasteiger partial charge on any atom is 0.274 e. The summed E-state index contributed by atoms with van der Waals surface area (Å²) in [7, 11) is 1.59. The van der Waals surface area contributed by atoms with Gasteiger partial charge in [-0.15, -0.1) is 5.10 Å². The first kappa shape index (κ1) is 18.9. The van der Waals surface area contributed by atoms with Crippen LogP contribution in [0.4, 0.5) is 5.82 Å². The van der Waals surface area contributed by atoms with E-state index in [1.807, 2.05) is 19.2 Å². The Bertz CT molecular complexity index is 1280. The van der Waals surface area contributed by atoms with Crippen LogP contribution in [0.2, 0.25) is 0 Å². The van der Waals surface area contributed by atoms with E-state index in [9.17, 15) is 4.79 Å². The van der Waals surface area contributed by atoms with E-state index in [2.05, 4.69) is 37.9 Å². The lowest BCUT2D eigenvalue weighted by Crippen LogP contribution is -2.33. The lowest BCUT2D eigenvalue weighted by Gasteiger charge is -2.30. The Kier molecular flexibility index (Phi) is 4.80. The first-order chi connectivity index (χ1) is 14.6. The predicted octanol–water partition coefficient (Wildman–Crippen LogP) is 3.23. The van der Waals surface area contributed by atoms with Crippen molar-refractivity contribution >= 4 is 22.8 Å². The number of hydrogen-bond donors (Lipinski definition) is 0. The molecule has 7 nitrogen and oxygen atoms in total. The highest BCUT2D eigenvalue weighted by Gasteiger charge is 2.22. The zero-order valence-corrected chi connectivity index (χ0v) is 17.6. The second kappa shape index (κ2) is 7.62.